The first-order valence-corrected chi connectivity index (χ1v) is 7.46. The van der Waals surface area contributed by atoms with Crippen LogP contribution in [0.15, 0.2) is 18.2 Å². The highest BCUT2D eigenvalue weighted by molar-refractivity contribution is 6.30. The molecule has 0 fully saturated rings. The van der Waals surface area contributed by atoms with Crippen LogP contribution in [-0.2, 0) is 6.54 Å². The van der Waals surface area contributed by atoms with Gasteiger partial charge in [-0.25, -0.2) is 0 Å². The molecule has 1 N–H and O–H groups in total. The Labute approximate surface area is 128 Å². The second-order valence-corrected chi connectivity index (χ2v) is 7.04. The predicted octanol–water partition coefficient (Wildman–Crippen LogP) is 3.23. The summed E-state index contributed by atoms with van der Waals surface area (Å²) in [6.45, 7) is 9.39. The van der Waals surface area contributed by atoms with Gasteiger partial charge in [0.1, 0.15) is 0 Å². The zero-order valence-corrected chi connectivity index (χ0v) is 14.4. The van der Waals surface area contributed by atoms with Crippen LogP contribution in [0.5, 0.6) is 0 Å². The average molecular weight is 298 g/mol. The molecule has 0 spiro atoms. The summed E-state index contributed by atoms with van der Waals surface area (Å²) in [4.78, 5) is 4.46. The molecular formula is C16H28ClN3. The number of likely N-dealkylation sites (N-methyl/N-ethyl adjacent to an activating group) is 2. The van der Waals surface area contributed by atoms with Gasteiger partial charge in [-0.05, 0) is 52.6 Å². The summed E-state index contributed by atoms with van der Waals surface area (Å²) in [5, 5.41) is 4.33. The van der Waals surface area contributed by atoms with Crippen molar-refractivity contribution < 1.29 is 0 Å². The lowest BCUT2D eigenvalue weighted by Crippen LogP contribution is -2.36. The number of nitrogens with zero attached hydrogens (tertiary/aromatic N) is 2. The molecule has 0 bridgehead atoms. The number of rotatable bonds is 6. The van der Waals surface area contributed by atoms with E-state index >= 15 is 0 Å². The standard InChI is InChI=1S/C16H28ClN3/c1-16(2,3)18-12-13-7-8-14(17)11-15(13)20(6)10-9-19(4)5/h7-8,11,18H,9-10,12H2,1-6H3. The van der Waals surface area contributed by atoms with Gasteiger partial charge in [0.05, 0.1) is 0 Å². The molecule has 3 nitrogen and oxygen atoms in total. The number of anilines is 1. The third-order valence-corrected chi connectivity index (χ3v) is 3.39. The Kier molecular flexibility index (Phi) is 6.31. The van der Waals surface area contributed by atoms with E-state index in [1.165, 1.54) is 11.3 Å². The van der Waals surface area contributed by atoms with Crippen LogP contribution in [0.3, 0.4) is 0 Å². The van der Waals surface area contributed by atoms with Gasteiger partial charge in [0, 0.05) is 42.9 Å². The van der Waals surface area contributed by atoms with E-state index in [0.29, 0.717) is 0 Å². The molecule has 0 unspecified atom stereocenters. The van der Waals surface area contributed by atoms with Crippen molar-refractivity contribution in [3.63, 3.8) is 0 Å². The summed E-state index contributed by atoms with van der Waals surface area (Å²) in [7, 11) is 6.30. The zero-order chi connectivity index (χ0) is 15.3. The fraction of sp³-hybridized carbons (Fsp3) is 0.625. The summed E-state index contributed by atoms with van der Waals surface area (Å²) >= 11 is 6.16. The van der Waals surface area contributed by atoms with Crippen molar-refractivity contribution in [3.05, 3.63) is 28.8 Å². The van der Waals surface area contributed by atoms with Crippen LogP contribution in [-0.4, -0.2) is 44.7 Å². The van der Waals surface area contributed by atoms with Crippen molar-refractivity contribution in [2.24, 2.45) is 0 Å². The number of halogens is 1. The molecular weight excluding hydrogens is 270 g/mol. The Morgan fingerprint density at radius 3 is 2.30 bits per heavy atom. The van der Waals surface area contributed by atoms with Crippen LogP contribution in [0.4, 0.5) is 5.69 Å². The lowest BCUT2D eigenvalue weighted by atomic mass is 10.1. The molecule has 1 aromatic rings. The van der Waals surface area contributed by atoms with Crippen molar-refractivity contribution in [2.75, 3.05) is 39.1 Å². The number of nitrogens with one attached hydrogen (secondary N) is 1. The summed E-state index contributed by atoms with van der Waals surface area (Å²) < 4.78 is 0. The monoisotopic (exact) mass is 297 g/mol. The number of hydrogen-bond acceptors (Lipinski definition) is 3. The van der Waals surface area contributed by atoms with Gasteiger partial charge in [-0.2, -0.15) is 0 Å². The molecule has 0 amide bonds. The molecule has 0 aliphatic carbocycles. The van der Waals surface area contributed by atoms with E-state index in [2.05, 4.69) is 69.2 Å². The Hall–Kier alpha value is -0.770. The molecule has 0 radical (unpaired) electrons. The topological polar surface area (TPSA) is 18.5 Å². The fourth-order valence-electron chi connectivity index (χ4n) is 1.87. The maximum atomic E-state index is 6.16. The Morgan fingerprint density at radius 2 is 1.75 bits per heavy atom. The van der Waals surface area contributed by atoms with Gasteiger partial charge in [0.25, 0.3) is 0 Å². The van der Waals surface area contributed by atoms with Crippen molar-refractivity contribution in [2.45, 2.75) is 32.9 Å². The van der Waals surface area contributed by atoms with E-state index in [-0.39, 0.29) is 5.54 Å². The van der Waals surface area contributed by atoms with Gasteiger partial charge >= 0.3 is 0 Å². The Balaban J connectivity index is 2.84. The van der Waals surface area contributed by atoms with Gasteiger partial charge in [0.2, 0.25) is 0 Å². The normalized spacial score (nSPS) is 12.0. The van der Waals surface area contributed by atoms with Crippen LogP contribution < -0.4 is 10.2 Å². The zero-order valence-electron chi connectivity index (χ0n) is 13.6. The van der Waals surface area contributed by atoms with E-state index < -0.39 is 0 Å². The minimum Gasteiger partial charge on any atom is -0.373 e. The second-order valence-electron chi connectivity index (χ2n) is 6.60. The van der Waals surface area contributed by atoms with Gasteiger partial charge < -0.3 is 15.1 Å². The molecule has 0 aliphatic heterocycles. The summed E-state index contributed by atoms with van der Waals surface area (Å²) in [5.74, 6) is 0. The van der Waals surface area contributed by atoms with Crippen molar-refractivity contribution >= 4 is 17.3 Å². The molecule has 1 rings (SSSR count). The largest absolute Gasteiger partial charge is 0.373 e. The first-order valence-electron chi connectivity index (χ1n) is 7.08. The SMILES string of the molecule is CN(C)CCN(C)c1cc(Cl)ccc1CNC(C)(C)C. The summed E-state index contributed by atoms with van der Waals surface area (Å²) in [6.07, 6.45) is 0. The Morgan fingerprint density at radius 1 is 1.10 bits per heavy atom. The minimum atomic E-state index is 0.110. The molecule has 0 saturated carbocycles. The van der Waals surface area contributed by atoms with E-state index in [1.54, 1.807) is 0 Å². The third-order valence-electron chi connectivity index (χ3n) is 3.15. The summed E-state index contributed by atoms with van der Waals surface area (Å²) in [5.41, 5.74) is 2.60. The average Bonchev–Trinajstić information content (AvgIpc) is 2.33. The lowest BCUT2D eigenvalue weighted by Gasteiger charge is -2.26. The van der Waals surface area contributed by atoms with E-state index in [0.717, 1.165) is 24.7 Å². The van der Waals surface area contributed by atoms with Crippen LogP contribution in [0.1, 0.15) is 26.3 Å². The molecule has 0 saturated heterocycles. The molecule has 4 heteroatoms. The smallest absolute Gasteiger partial charge is 0.0426 e. The lowest BCUT2D eigenvalue weighted by molar-refractivity contribution is 0.415. The fourth-order valence-corrected chi connectivity index (χ4v) is 2.04. The van der Waals surface area contributed by atoms with Gasteiger partial charge in [0.15, 0.2) is 0 Å². The van der Waals surface area contributed by atoms with Crippen LogP contribution in [0.2, 0.25) is 5.02 Å². The number of benzene rings is 1. The van der Waals surface area contributed by atoms with Crippen LogP contribution in [0, 0.1) is 0 Å². The highest BCUT2D eigenvalue weighted by Gasteiger charge is 2.13. The first-order chi connectivity index (χ1) is 9.19. The molecule has 0 aromatic heterocycles. The summed E-state index contributed by atoms with van der Waals surface area (Å²) in [6, 6.07) is 6.13. The van der Waals surface area contributed by atoms with E-state index in [9.17, 15) is 0 Å². The molecule has 0 aliphatic rings. The molecule has 20 heavy (non-hydrogen) atoms. The Bertz CT molecular complexity index is 424. The second kappa shape index (κ2) is 7.30. The third kappa shape index (κ3) is 6.12. The highest BCUT2D eigenvalue weighted by Crippen LogP contribution is 2.24. The highest BCUT2D eigenvalue weighted by atomic mass is 35.5. The first kappa shape index (κ1) is 17.3. The molecule has 0 atom stereocenters. The minimum absolute atomic E-state index is 0.110. The molecule has 1 aromatic carbocycles. The predicted molar refractivity (Wildman–Crippen MR) is 89.9 cm³/mol. The van der Waals surface area contributed by atoms with E-state index in [1.807, 2.05) is 6.07 Å². The quantitative estimate of drug-likeness (QED) is 0.870. The van der Waals surface area contributed by atoms with Crippen molar-refractivity contribution in [1.82, 2.24) is 10.2 Å². The van der Waals surface area contributed by atoms with Crippen molar-refractivity contribution in [1.29, 1.82) is 0 Å². The van der Waals surface area contributed by atoms with Gasteiger partial charge in [-0.3, -0.25) is 0 Å². The van der Waals surface area contributed by atoms with Crippen LogP contribution in [0.25, 0.3) is 0 Å². The maximum absolute atomic E-state index is 6.16. The van der Waals surface area contributed by atoms with Crippen LogP contribution >= 0.6 is 11.6 Å². The van der Waals surface area contributed by atoms with E-state index in [4.69, 9.17) is 11.6 Å². The maximum Gasteiger partial charge on any atom is 0.0426 e. The number of hydrogen-bond donors (Lipinski definition) is 1. The molecule has 0 heterocycles. The van der Waals surface area contributed by atoms with Gasteiger partial charge in [-0.1, -0.05) is 17.7 Å². The van der Waals surface area contributed by atoms with Gasteiger partial charge in [-0.15, -0.1) is 0 Å². The molecule has 114 valence electrons. The van der Waals surface area contributed by atoms with Crippen molar-refractivity contribution in [3.8, 4) is 0 Å².